The number of benzene rings is 2. The fraction of sp³-hybridized carbons (Fsp3) is 0.417. The average molecular weight is 411 g/mol. The molecule has 0 saturated carbocycles. The van der Waals surface area contributed by atoms with E-state index < -0.39 is 0 Å². The molecule has 0 radical (unpaired) electrons. The third-order valence-corrected chi connectivity index (χ3v) is 5.31. The van der Waals surface area contributed by atoms with Crippen LogP contribution < -0.4 is 15.0 Å². The van der Waals surface area contributed by atoms with E-state index in [-0.39, 0.29) is 11.9 Å². The monoisotopic (exact) mass is 410 g/mol. The lowest BCUT2D eigenvalue weighted by atomic mass is 10.1. The highest BCUT2D eigenvalue weighted by molar-refractivity contribution is 6.00. The van der Waals surface area contributed by atoms with Gasteiger partial charge in [-0.2, -0.15) is 0 Å². The lowest BCUT2D eigenvalue weighted by Crippen LogP contribution is -2.33. The molecular weight excluding hydrogens is 380 g/mol. The van der Waals surface area contributed by atoms with Crippen LogP contribution in [0.5, 0.6) is 5.75 Å². The van der Waals surface area contributed by atoms with Crippen LogP contribution in [-0.2, 0) is 11.2 Å². The topological polar surface area (TPSA) is 67.9 Å². The Hall–Kier alpha value is -3.02. The first-order valence-electron chi connectivity index (χ1n) is 10.6. The Bertz CT molecular complexity index is 858. The van der Waals surface area contributed by atoms with Gasteiger partial charge in [0.15, 0.2) is 0 Å². The van der Waals surface area contributed by atoms with E-state index in [2.05, 4.69) is 10.2 Å². The number of amides is 1. The lowest BCUT2D eigenvalue weighted by molar-refractivity contribution is 0.0526. The molecule has 160 valence electrons. The van der Waals surface area contributed by atoms with Gasteiger partial charge in [0.25, 0.3) is 5.91 Å². The second kappa shape index (κ2) is 10.7. The Morgan fingerprint density at radius 1 is 1.03 bits per heavy atom. The van der Waals surface area contributed by atoms with Crippen LogP contribution in [-0.4, -0.2) is 45.2 Å². The minimum atomic E-state index is -0.319. The van der Waals surface area contributed by atoms with Crippen LogP contribution in [0.15, 0.2) is 42.5 Å². The quantitative estimate of drug-likeness (QED) is 0.670. The number of carbonyl (C=O) groups excluding carboxylic acids is 2. The summed E-state index contributed by atoms with van der Waals surface area (Å²) in [5.74, 6) is 0.258. The minimum Gasteiger partial charge on any atom is -0.497 e. The van der Waals surface area contributed by atoms with Crippen LogP contribution in [0.25, 0.3) is 0 Å². The number of nitrogens with one attached hydrogen (secondary N) is 1. The average Bonchev–Trinajstić information content (AvgIpc) is 2.79. The maximum atomic E-state index is 12.9. The molecule has 0 unspecified atom stereocenters. The van der Waals surface area contributed by atoms with Gasteiger partial charge in [-0.1, -0.05) is 12.1 Å². The van der Waals surface area contributed by atoms with Gasteiger partial charge in [0.1, 0.15) is 5.75 Å². The van der Waals surface area contributed by atoms with E-state index >= 15 is 0 Å². The van der Waals surface area contributed by atoms with E-state index in [1.165, 1.54) is 6.42 Å². The molecule has 1 fully saturated rings. The molecule has 1 aliphatic rings. The Morgan fingerprint density at radius 2 is 1.77 bits per heavy atom. The SMILES string of the molecule is CCOC(=O)c1ccc(CCNC(=O)c2cc(OC)ccc2N2CCCCC2)cc1. The Morgan fingerprint density at radius 3 is 2.43 bits per heavy atom. The summed E-state index contributed by atoms with van der Waals surface area (Å²) in [5.41, 5.74) is 3.19. The third-order valence-electron chi connectivity index (χ3n) is 5.31. The maximum Gasteiger partial charge on any atom is 0.338 e. The number of piperidine rings is 1. The van der Waals surface area contributed by atoms with Crippen molar-refractivity contribution in [3.8, 4) is 5.75 Å². The molecule has 6 heteroatoms. The van der Waals surface area contributed by atoms with Gasteiger partial charge in [-0.15, -0.1) is 0 Å². The number of esters is 1. The number of hydrogen-bond acceptors (Lipinski definition) is 5. The Kier molecular flexibility index (Phi) is 7.71. The molecule has 0 spiro atoms. The summed E-state index contributed by atoms with van der Waals surface area (Å²) in [5, 5.41) is 3.02. The van der Waals surface area contributed by atoms with Crippen molar-refractivity contribution >= 4 is 17.6 Å². The second-order valence-electron chi connectivity index (χ2n) is 7.35. The van der Waals surface area contributed by atoms with Crippen LogP contribution in [0.2, 0.25) is 0 Å². The first kappa shape index (κ1) is 21.7. The van der Waals surface area contributed by atoms with Crippen molar-refractivity contribution in [2.24, 2.45) is 0 Å². The largest absolute Gasteiger partial charge is 0.497 e. The molecule has 1 heterocycles. The minimum absolute atomic E-state index is 0.0994. The van der Waals surface area contributed by atoms with Crippen molar-refractivity contribution in [3.63, 3.8) is 0 Å². The Balaban J connectivity index is 1.62. The number of rotatable bonds is 8. The van der Waals surface area contributed by atoms with Crippen molar-refractivity contribution in [3.05, 3.63) is 59.2 Å². The first-order chi connectivity index (χ1) is 14.6. The molecule has 30 heavy (non-hydrogen) atoms. The molecule has 0 aromatic heterocycles. The smallest absolute Gasteiger partial charge is 0.338 e. The van der Waals surface area contributed by atoms with Gasteiger partial charge in [-0.05, 0) is 68.5 Å². The Labute approximate surface area is 178 Å². The van der Waals surface area contributed by atoms with Crippen molar-refractivity contribution in [2.45, 2.75) is 32.6 Å². The van der Waals surface area contributed by atoms with Crippen LogP contribution >= 0.6 is 0 Å². The molecule has 2 aromatic carbocycles. The molecule has 2 aromatic rings. The van der Waals surface area contributed by atoms with E-state index in [4.69, 9.17) is 9.47 Å². The van der Waals surface area contributed by atoms with E-state index in [0.717, 1.165) is 37.2 Å². The number of ether oxygens (including phenoxy) is 2. The summed E-state index contributed by atoms with van der Waals surface area (Å²) in [6.07, 6.45) is 4.21. The predicted octanol–water partition coefficient (Wildman–Crippen LogP) is 3.83. The zero-order valence-electron chi connectivity index (χ0n) is 17.8. The van der Waals surface area contributed by atoms with E-state index in [1.54, 1.807) is 26.2 Å². The lowest BCUT2D eigenvalue weighted by Gasteiger charge is -2.30. The highest BCUT2D eigenvalue weighted by Gasteiger charge is 2.19. The normalized spacial score (nSPS) is 13.6. The molecule has 0 atom stereocenters. The van der Waals surface area contributed by atoms with Gasteiger partial charge in [-0.3, -0.25) is 4.79 Å². The van der Waals surface area contributed by atoms with Crippen LogP contribution in [0.1, 0.15) is 52.5 Å². The summed E-state index contributed by atoms with van der Waals surface area (Å²) in [4.78, 5) is 26.9. The zero-order chi connectivity index (χ0) is 21.3. The number of hydrogen-bond donors (Lipinski definition) is 1. The van der Waals surface area contributed by atoms with E-state index in [1.807, 2.05) is 30.3 Å². The third kappa shape index (κ3) is 5.53. The molecule has 1 saturated heterocycles. The van der Waals surface area contributed by atoms with Crippen LogP contribution in [0, 0.1) is 0 Å². The number of nitrogens with zero attached hydrogens (tertiary/aromatic N) is 1. The molecule has 1 N–H and O–H groups in total. The first-order valence-corrected chi connectivity index (χ1v) is 10.6. The summed E-state index contributed by atoms with van der Waals surface area (Å²) in [7, 11) is 1.61. The molecule has 3 rings (SSSR count). The van der Waals surface area contributed by atoms with Crippen LogP contribution in [0.3, 0.4) is 0 Å². The van der Waals surface area contributed by atoms with Gasteiger partial charge in [-0.25, -0.2) is 4.79 Å². The fourth-order valence-electron chi connectivity index (χ4n) is 3.67. The molecule has 0 aliphatic carbocycles. The highest BCUT2D eigenvalue weighted by atomic mass is 16.5. The summed E-state index contributed by atoms with van der Waals surface area (Å²) < 4.78 is 10.3. The van der Waals surface area contributed by atoms with Gasteiger partial charge in [0, 0.05) is 25.3 Å². The standard InChI is InChI=1S/C24H30N2O4/c1-3-30-24(28)19-9-7-18(8-10-19)13-14-25-23(27)21-17-20(29-2)11-12-22(21)26-15-5-4-6-16-26/h7-12,17H,3-6,13-16H2,1-2H3,(H,25,27). The van der Waals surface area contributed by atoms with Crippen molar-refractivity contribution in [2.75, 3.05) is 38.3 Å². The van der Waals surface area contributed by atoms with Crippen molar-refractivity contribution in [1.82, 2.24) is 5.32 Å². The van der Waals surface area contributed by atoms with E-state index in [9.17, 15) is 9.59 Å². The van der Waals surface area contributed by atoms with Crippen molar-refractivity contribution < 1.29 is 19.1 Å². The summed E-state index contributed by atoms with van der Waals surface area (Å²) in [6, 6.07) is 13.0. The number of anilines is 1. The number of methoxy groups -OCH3 is 1. The maximum absolute atomic E-state index is 12.9. The van der Waals surface area contributed by atoms with Crippen LogP contribution in [0.4, 0.5) is 5.69 Å². The van der Waals surface area contributed by atoms with Gasteiger partial charge < -0.3 is 19.7 Å². The highest BCUT2D eigenvalue weighted by Crippen LogP contribution is 2.28. The fourth-order valence-corrected chi connectivity index (χ4v) is 3.67. The number of carbonyl (C=O) groups is 2. The molecule has 0 bridgehead atoms. The second-order valence-corrected chi connectivity index (χ2v) is 7.35. The summed E-state index contributed by atoms with van der Waals surface area (Å²) in [6.45, 7) is 4.59. The molecule has 1 amide bonds. The van der Waals surface area contributed by atoms with Gasteiger partial charge >= 0.3 is 5.97 Å². The van der Waals surface area contributed by atoms with Gasteiger partial charge in [0.2, 0.25) is 0 Å². The molecule has 6 nitrogen and oxygen atoms in total. The van der Waals surface area contributed by atoms with Gasteiger partial charge in [0.05, 0.1) is 24.8 Å². The summed E-state index contributed by atoms with van der Waals surface area (Å²) >= 11 is 0. The van der Waals surface area contributed by atoms with Crippen molar-refractivity contribution in [1.29, 1.82) is 0 Å². The van der Waals surface area contributed by atoms with E-state index in [0.29, 0.717) is 36.4 Å². The predicted molar refractivity (Wildman–Crippen MR) is 117 cm³/mol. The molecular formula is C24H30N2O4. The zero-order valence-corrected chi connectivity index (χ0v) is 17.8. The molecule has 1 aliphatic heterocycles.